The van der Waals surface area contributed by atoms with Gasteiger partial charge in [-0.2, -0.15) is 0 Å². The summed E-state index contributed by atoms with van der Waals surface area (Å²) in [4.78, 5) is 0. The van der Waals surface area contributed by atoms with Crippen LogP contribution in [0.25, 0.3) is 119 Å². The van der Waals surface area contributed by atoms with E-state index in [1.807, 2.05) is 17.4 Å². The van der Waals surface area contributed by atoms with Crippen LogP contribution in [0.4, 0.5) is 0 Å². The van der Waals surface area contributed by atoms with Gasteiger partial charge in [-0.25, -0.2) is 0 Å². The number of thiophene rings is 1. The molecule has 0 bridgehead atoms. The molecule has 0 aliphatic heterocycles. The fourth-order valence-corrected chi connectivity index (χ4v) is 10.0. The maximum atomic E-state index is 6.94. The highest BCUT2D eigenvalue weighted by molar-refractivity contribution is 7.25. The molecule has 0 fully saturated rings. The Balaban J connectivity index is 1.11. The fraction of sp³-hybridized carbons (Fsp3) is 0. The molecule has 2 nitrogen and oxygen atoms in total. The minimum atomic E-state index is 0.807. The molecule has 256 valence electrons. The van der Waals surface area contributed by atoms with Crippen LogP contribution >= 0.6 is 11.3 Å². The van der Waals surface area contributed by atoms with Crippen molar-refractivity contribution in [2.75, 3.05) is 0 Å². The summed E-state index contributed by atoms with van der Waals surface area (Å²) in [5, 5.41) is 10.7. The highest BCUT2D eigenvalue weighted by Gasteiger charge is 2.23. The van der Waals surface area contributed by atoms with Crippen LogP contribution in [0.15, 0.2) is 191 Å². The minimum Gasteiger partial charge on any atom is -0.455 e. The summed E-state index contributed by atoms with van der Waals surface area (Å²) in [6, 6.07) is 65.3. The van der Waals surface area contributed by atoms with Gasteiger partial charge in [0.05, 0.1) is 0 Å². The van der Waals surface area contributed by atoms with Crippen molar-refractivity contribution in [3.05, 3.63) is 182 Å². The van der Waals surface area contributed by atoms with Crippen molar-refractivity contribution in [2.45, 2.75) is 0 Å². The largest absolute Gasteiger partial charge is 0.455 e. The number of furan rings is 2. The first-order chi connectivity index (χ1) is 27.3. The van der Waals surface area contributed by atoms with Gasteiger partial charge in [0.25, 0.3) is 0 Å². The topological polar surface area (TPSA) is 26.3 Å². The van der Waals surface area contributed by atoms with Gasteiger partial charge in [-0.15, -0.1) is 11.3 Å². The van der Waals surface area contributed by atoms with Crippen molar-refractivity contribution >= 4 is 86.0 Å². The Morgan fingerprint density at radius 2 is 0.891 bits per heavy atom. The van der Waals surface area contributed by atoms with Crippen LogP contribution in [0.2, 0.25) is 0 Å². The van der Waals surface area contributed by atoms with Gasteiger partial charge < -0.3 is 8.83 Å². The molecule has 0 saturated carbocycles. The molecule has 3 aromatic heterocycles. The van der Waals surface area contributed by atoms with E-state index in [0.717, 1.165) is 60.9 Å². The van der Waals surface area contributed by atoms with Gasteiger partial charge in [0.15, 0.2) is 0 Å². The van der Waals surface area contributed by atoms with Crippen molar-refractivity contribution in [3.8, 4) is 44.7 Å². The normalized spacial score (nSPS) is 12.0. The molecule has 9 aromatic carbocycles. The van der Waals surface area contributed by atoms with Crippen molar-refractivity contribution in [1.29, 1.82) is 0 Å². The number of benzene rings is 9. The van der Waals surface area contributed by atoms with Gasteiger partial charge in [0.2, 0.25) is 0 Å². The van der Waals surface area contributed by atoms with E-state index in [9.17, 15) is 0 Å². The smallest absolute Gasteiger partial charge is 0.143 e. The van der Waals surface area contributed by atoms with Gasteiger partial charge in [-0.1, -0.05) is 158 Å². The highest BCUT2D eigenvalue weighted by Crippen LogP contribution is 2.49. The average molecular weight is 719 g/mol. The molecular weight excluding hydrogens is 689 g/mol. The molecule has 0 unspecified atom stereocenters. The molecule has 12 rings (SSSR count). The van der Waals surface area contributed by atoms with Crippen LogP contribution < -0.4 is 0 Å². The van der Waals surface area contributed by atoms with Crippen molar-refractivity contribution in [2.24, 2.45) is 0 Å². The molecule has 12 aromatic rings. The first-order valence-electron chi connectivity index (χ1n) is 18.7. The van der Waals surface area contributed by atoms with E-state index in [-0.39, 0.29) is 0 Å². The summed E-state index contributed by atoms with van der Waals surface area (Å²) in [6.07, 6.45) is 0. The lowest BCUT2D eigenvalue weighted by molar-refractivity contribution is 0.629. The quantitative estimate of drug-likeness (QED) is 0.169. The van der Waals surface area contributed by atoms with E-state index in [4.69, 9.17) is 8.83 Å². The molecule has 55 heavy (non-hydrogen) atoms. The first-order valence-corrected chi connectivity index (χ1v) is 19.5. The summed E-state index contributed by atoms with van der Waals surface area (Å²) < 4.78 is 16.3. The molecule has 0 N–H and O–H groups in total. The summed E-state index contributed by atoms with van der Waals surface area (Å²) in [5.41, 5.74) is 10.5. The number of hydrogen-bond donors (Lipinski definition) is 0. The lowest BCUT2D eigenvalue weighted by Gasteiger charge is -2.18. The first kappa shape index (κ1) is 30.5. The Labute approximate surface area is 320 Å². The zero-order chi connectivity index (χ0) is 36.0. The molecule has 0 spiro atoms. The maximum absolute atomic E-state index is 6.94. The van der Waals surface area contributed by atoms with Gasteiger partial charge in [0.1, 0.15) is 22.5 Å². The van der Waals surface area contributed by atoms with Crippen LogP contribution in [0.5, 0.6) is 0 Å². The van der Waals surface area contributed by atoms with Gasteiger partial charge >= 0.3 is 0 Å². The zero-order valence-electron chi connectivity index (χ0n) is 29.5. The molecule has 0 saturated heterocycles. The zero-order valence-corrected chi connectivity index (χ0v) is 30.4. The van der Waals surface area contributed by atoms with Gasteiger partial charge in [0, 0.05) is 64.7 Å². The number of para-hydroxylation sites is 1. The third kappa shape index (κ3) is 4.54. The molecule has 0 radical (unpaired) electrons. The van der Waals surface area contributed by atoms with E-state index in [2.05, 4.69) is 176 Å². The molecule has 0 amide bonds. The Hall–Kier alpha value is -6.94. The summed E-state index contributed by atoms with van der Waals surface area (Å²) in [5.74, 6) is 0.865. The van der Waals surface area contributed by atoms with Gasteiger partial charge in [-0.3, -0.25) is 0 Å². The predicted octanol–water partition coefficient (Wildman–Crippen LogP) is 15.7. The predicted molar refractivity (Wildman–Crippen MR) is 233 cm³/mol. The average Bonchev–Trinajstić information content (AvgIpc) is 3.93. The lowest BCUT2D eigenvalue weighted by Crippen LogP contribution is -1.91. The third-order valence-corrected chi connectivity index (χ3v) is 12.4. The van der Waals surface area contributed by atoms with Crippen LogP contribution in [0, 0.1) is 0 Å². The Morgan fingerprint density at radius 3 is 1.62 bits per heavy atom. The Kier molecular flexibility index (Phi) is 6.54. The maximum Gasteiger partial charge on any atom is 0.143 e. The summed E-state index contributed by atoms with van der Waals surface area (Å²) in [7, 11) is 0. The van der Waals surface area contributed by atoms with E-state index in [1.165, 1.54) is 58.4 Å². The van der Waals surface area contributed by atoms with Crippen LogP contribution in [0.3, 0.4) is 0 Å². The van der Waals surface area contributed by atoms with Crippen LogP contribution in [0.1, 0.15) is 0 Å². The number of hydrogen-bond acceptors (Lipinski definition) is 3. The SMILES string of the molecule is c1ccc(-c2oc3cc4oc5c(-c6c7ccccc7c(-c7ccc8c(c7)sc7ccccc78)c7ccccc67)cccc5c4cc3c2-c2ccccc2)cc1. The second-order valence-corrected chi connectivity index (χ2v) is 15.4. The second-order valence-electron chi connectivity index (χ2n) is 14.3. The highest BCUT2D eigenvalue weighted by atomic mass is 32.1. The van der Waals surface area contributed by atoms with Crippen molar-refractivity contribution in [3.63, 3.8) is 0 Å². The monoisotopic (exact) mass is 718 g/mol. The fourth-order valence-electron chi connectivity index (χ4n) is 8.88. The van der Waals surface area contributed by atoms with Crippen molar-refractivity contribution in [1.82, 2.24) is 0 Å². The van der Waals surface area contributed by atoms with E-state index < -0.39 is 0 Å². The lowest BCUT2D eigenvalue weighted by atomic mass is 9.85. The second kappa shape index (κ2) is 11.8. The molecule has 0 atom stereocenters. The molecule has 3 heteroatoms. The van der Waals surface area contributed by atoms with E-state index in [1.54, 1.807) is 0 Å². The van der Waals surface area contributed by atoms with Crippen molar-refractivity contribution < 1.29 is 8.83 Å². The van der Waals surface area contributed by atoms with Gasteiger partial charge in [-0.05, 0) is 56.4 Å². The third-order valence-electron chi connectivity index (χ3n) is 11.3. The van der Waals surface area contributed by atoms with E-state index >= 15 is 0 Å². The molecule has 0 aliphatic rings. The number of rotatable bonds is 4. The Bertz CT molecular complexity index is 3420. The van der Waals surface area contributed by atoms with Crippen LogP contribution in [-0.2, 0) is 0 Å². The number of fused-ring (bicyclic) bond motifs is 9. The summed E-state index contributed by atoms with van der Waals surface area (Å²) >= 11 is 1.87. The Morgan fingerprint density at radius 1 is 0.309 bits per heavy atom. The van der Waals surface area contributed by atoms with E-state index in [0.29, 0.717) is 0 Å². The molecule has 0 aliphatic carbocycles. The summed E-state index contributed by atoms with van der Waals surface area (Å²) in [6.45, 7) is 0. The molecular formula is C52H30O2S. The molecule has 3 heterocycles. The minimum absolute atomic E-state index is 0.807. The standard InChI is InChI=1S/C52H30O2S/c1-3-14-31(15-4-1)49-43-29-42-40-23-13-24-41(52(40)54-44(42)30-45(43)53-51(49)32-16-5-2-6-17-32)50-38-21-9-7-19-36(38)48(37-20-8-10-22-39(37)50)33-26-27-35-34-18-11-12-25-46(34)55-47(35)28-33/h1-30H. The van der Waals surface area contributed by atoms with Crippen LogP contribution in [-0.4, -0.2) is 0 Å².